The number of nitrogens with two attached hydrogens (primary N) is 2. The van der Waals surface area contributed by atoms with E-state index in [-0.39, 0.29) is 51.4 Å². The first kappa shape index (κ1) is 30.4. The molecule has 12 nitrogen and oxygen atoms in total. The lowest BCUT2D eigenvalue weighted by atomic mass is 9.57. The molecule has 1 aliphatic heterocycles. The number of rotatable bonds is 3. The SMILES string of the molecule is C.C.CN(C)c1cc(-c2ccc3c(c2)OCO3)c(O)c2c1C[C@H]1C[C@H]3[C@H](N)C(=O)C(C(N)=O)=C(O)[C@@]3(O)C(=O)C1=C2O. The number of amides is 1. The maximum absolute atomic E-state index is 13.9. The molecule has 224 valence electrons. The predicted octanol–water partition coefficient (Wildman–Crippen LogP) is 2.09. The first-order chi connectivity index (χ1) is 18.9. The van der Waals surface area contributed by atoms with E-state index in [1.165, 1.54) is 0 Å². The molecule has 0 radical (unpaired) electrons. The molecular formula is C30H35N3O9. The molecule has 1 fully saturated rings. The number of hydrogen-bond acceptors (Lipinski definition) is 11. The lowest BCUT2D eigenvalue weighted by Gasteiger charge is -2.48. The van der Waals surface area contributed by atoms with E-state index < -0.39 is 58.0 Å². The Hall–Kier alpha value is -4.55. The third-order valence-corrected chi connectivity index (χ3v) is 8.39. The lowest BCUT2D eigenvalue weighted by molar-refractivity contribution is -0.149. The number of aliphatic hydroxyl groups excluding tert-OH is 2. The largest absolute Gasteiger partial charge is 0.508 e. The second kappa shape index (κ2) is 10.1. The molecule has 42 heavy (non-hydrogen) atoms. The minimum absolute atomic E-state index is 0. The number of hydrogen-bond donors (Lipinski definition) is 6. The van der Waals surface area contributed by atoms with Gasteiger partial charge in [-0.05, 0) is 48.1 Å². The third kappa shape index (κ3) is 3.86. The van der Waals surface area contributed by atoms with E-state index in [0.717, 1.165) is 0 Å². The van der Waals surface area contributed by atoms with Crippen molar-refractivity contribution >= 4 is 28.9 Å². The highest BCUT2D eigenvalue weighted by Gasteiger charge is 2.63. The van der Waals surface area contributed by atoms with Gasteiger partial charge >= 0.3 is 0 Å². The maximum Gasteiger partial charge on any atom is 0.255 e. The van der Waals surface area contributed by atoms with Gasteiger partial charge < -0.3 is 46.3 Å². The van der Waals surface area contributed by atoms with Crippen LogP contribution in [-0.2, 0) is 20.8 Å². The molecule has 1 amide bonds. The summed E-state index contributed by atoms with van der Waals surface area (Å²) < 4.78 is 10.8. The van der Waals surface area contributed by atoms with Gasteiger partial charge in [0.15, 0.2) is 22.9 Å². The number of fused-ring (bicyclic) bond motifs is 4. The molecular weight excluding hydrogens is 546 g/mol. The molecule has 2 aromatic rings. The standard InChI is InChI=1S/C28H27N3O9.2CH4/c1-31(2)15-8-12(10-3-4-16-17(7-10)40-9-39-16)22(32)19-13(15)5-11-6-14-21(29)24(34)20(27(30)37)26(36)28(14,38)25(35)18(11)23(19)33;;/h3-4,7-8,11,14,21,32-33,36,38H,5-6,9,29H2,1-2H3,(H2,30,37);2*1H4/t11-,14-,21-,28-;;/m0../s1. The van der Waals surface area contributed by atoms with Crippen molar-refractivity contribution in [3.8, 4) is 28.4 Å². The van der Waals surface area contributed by atoms with Gasteiger partial charge in [0.05, 0.1) is 11.6 Å². The van der Waals surface area contributed by atoms with E-state index in [1.807, 2.05) is 0 Å². The number of aliphatic hydroxyl groups is 3. The molecule has 3 aliphatic carbocycles. The van der Waals surface area contributed by atoms with Crippen LogP contribution in [0, 0.1) is 11.8 Å². The number of ketones is 2. The van der Waals surface area contributed by atoms with Gasteiger partial charge in [-0.15, -0.1) is 0 Å². The van der Waals surface area contributed by atoms with Gasteiger partial charge in [0.25, 0.3) is 5.91 Å². The van der Waals surface area contributed by atoms with Crippen molar-refractivity contribution in [1.82, 2.24) is 0 Å². The number of nitrogens with zero attached hydrogens (tertiary/aromatic N) is 1. The van der Waals surface area contributed by atoms with Crippen molar-refractivity contribution in [2.45, 2.75) is 39.3 Å². The van der Waals surface area contributed by atoms with Gasteiger partial charge in [-0.2, -0.15) is 0 Å². The van der Waals surface area contributed by atoms with Crippen LogP contribution in [0.4, 0.5) is 5.69 Å². The van der Waals surface area contributed by atoms with Crippen LogP contribution in [0.3, 0.4) is 0 Å². The summed E-state index contributed by atoms with van der Waals surface area (Å²) in [5, 5.41) is 45.4. The molecule has 0 spiro atoms. The van der Waals surface area contributed by atoms with E-state index >= 15 is 0 Å². The summed E-state index contributed by atoms with van der Waals surface area (Å²) in [5.74, 6) is -6.45. The number of Topliss-reactive ketones (excluding diaryl/α,β-unsaturated/α-hetero) is 2. The molecule has 8 N–H and O–H groups in total. The van der Waals surface area contributed by atoms with Crippen molar-refractivity contribution in [3.05, 3.63) is 52.3 Å². The van der Waals surface area contributed by atoms with E-state index in [9.17, 15) is 34.8 Å². The van der Waals surface area contributed by atoms with Crippen LogP contribution in [0.2, 0.25) is 0 Å². The Morgan fingerprint density at radius 2 is 1.74 bits per heavy atom. The quantitative estimate of drug-likeness (QED) is 0.289. The normalized spacial score (nSPS) is 25.6. The molecule has 6 rings (SSSR count). The zero-order chi connectivity index (χ0) is 28.8. The number of anilines is 1. The van der Waals surface area contributed by atoms with Gasteiger partial charge in [0, 0.05) is 36.8 Å². The fourth-order valence-electron chi connectivity index (χ4n) is 6.45. The summed E-state index contributed by atoms with van der Waals surface area (Å²) >= 11 is 0. The number of primary amides is 1. The van der Waals surface area contributed by atoms with Gasteiger partial charge in [-0.3, -0.25) is 14.4 Å². The van der Waals surface area contributed by atoms with E-state index in [1.54, 1.807) is 43.3 Å². The second-order valence-electron chi connectivity index (χ2n) is 10.7. The van der Waals surface area contributed by atoms with Crippen LogP contribution in [0.15, 0.2) is 41.2 Å². The van der Waals surface area contributed by atoms with E-state index in [2.05, 4.69) is 0 Å². The fraction of sp³-hybridized carbons (Fsp3) is 0.367. The highest BCUT2D eigenvalue weighted by molar-refractivity contribution is 6.24. The molecule has 1 saturated carbocycles. The monoisotopic (exact) mass is 581 g/mol. The minimum atomic E-state index is -2.76. The first-order valence-electron chi connectivity index (χ1n) is 12.6. The molecule has 0 bridgehead atoms. The summed E-state index contributed by atoms with van der Waals surface area (Å²) in [4.78, 5) is 40.4. The average Bonchev–Trinajstić information content (AvgIpc) is 3.37. The van der Waals surface area contributed by atoms with E-state index in [0.29, 0.717) is 33.9 Å². The molecule has 2 aromatic carbocycles. The van der Waals surface area contributed by atoms with Gasteiger partial charge in [-0.1, -0.05) is 20.9 Å². The summed E-state index contributed by atoms with van der Waals surface area (Å²) in [6, 6.07) is 5.37. The van der Waals surface area contributed by atoms with Crippen molar-refractivity contribution in [1.29, 1.82) is 0 Å². The Bertz CT molecular complexity index is 1610. The lowest BCUT2D eigenvalue weighted by Crippen LogP contribution is -2.65. The van der Waals surface area contributed by atoms with Gasteiger partial charge in [0.2, 0.25) is 12.6 Å². The van der Waals surface area contributed by atoms with Crippen molar-refractivity contribution in [2.24, 2.45) is 23.3 Å². The number of carbonyl (C=O) groups is 3. The molecule has 0 aromatic heterocycles. The second-order valence-corrected chi connectivity index (χ2v) is 10.7. The van der Waals surface area contributed by atoms with Gasteiger partial charge in [-0.25, -0.2) is 0 Å². The highest BCUT2D eigenvalue weighted by atomic mass is 16.7. The predicted molar refractivity (Wildman–Crippen MR) is 154 cm³/mol. The fourth-order valence-corrected chi connectivity index (χ4v) is 6.45. The van der Waals surface area contributed by atoms with Crippen LogP contribution in [0.5, 0.6) is 17.2 Å². The Kier molecular flexibility index (Phi) is 7.29. The number of carbonyl (C=O) groups excluding carboxylic acids is 3. The number of ether oxygens (including phenoxy) is 2. The first-order valence-corrected chi connectivity index (χ1v) is 12.6. The number of phenolic OH excluding ortho intramolecular Hbond substituents is 1. The third-order valence-electron chi connectivity index (χ3n) is 8.39. The van der Waals surface area contributed by atoms with Crippen LogP contribution in [-0.4, -0.2) is 70.4 Å². The molecule has 1 heterocycles. The van der Waals surface area contributed by atoms with Crippen molar-refractivity contribution in [2.75, 3.05) is 25.8 Å². The summed E-state index contributed by atoms with van der Waals surface area (Å²) in [5.41, 5.74) is 9.49. The molecule has 0 saturated heterocycles. The average molecular weight is 582 g/mol. The maximum atomic E-state index is 13.9. The smallest absolute Gasteiger partial charge is 0.255 e. The minimum Gasteiger partial charge on any atom is -0.508 e. The Morgan fingerprint density at radius 1 is 1.07 bits per heavy atom. The van der Waals surface area contributed by atoms with Crippen LogP contribution in [0.1, 0.15) is 32.4 Å². The Balaban J connectivity index is 0.00000202. The number of benzene rings is 2. The van der Waals surface area contributed by atoms with Crippen LogP contribution >= 0.6 is 0 Å². The molecule has 4 atom stereocenters. The van der Waals surface area contributed by atoms with Crippen molar-refractivity contribution < 1.29 is 44.3 Å². The Morgan fingerprint density at radius 3 is 2.38 bits per heavy atom. The Labute approximate surface area is 242 Å². The zero-order valence-corrected chi connectivity index (χ0v) is 21.6. The molecule has 4 aliphatic rings. The molecule has 12 heteroatoms. The topological polar surface area (TPSA) is 206 Å². The van der Waals surface area contributed by atoms with Crippen LogP contribution in [0.25, 0.3) is 16.9 Å². The van der Waals surface area contributed by atoms with Crippen molar-refractivity contribution in [3.63, 3.8) is 0 Å². The summed E-state index contributed by atoms with van der Waals surface area (Å²) in [6.07, 6.45) is 0.0885. The molecule has 0 unspecified atom stereocenters. The number of aromatic hydroxyl groups is 1. The number of phenols is 1. The van der Waals surface area contributed by atoms with E-state index in [4.69, 9.17) is 20.9 Å². The highest BCUT2D eigenvalue weighted by Crippen LogP contribution is 2.54. The summed E-state index contributed by atoms with van der Waals surface area (Å²) in [7, 11) is 3.59. The zero-order valence-electron chi connectivity index (χ0n) is 21.6. The van der Waals surface area contributed by atoms with Crippen LogP contribution < -0.4 is 25.8 Å². The summed E-state index contributed by atoms with van der Waals surface area (Å²) in [6.45, 7) is 0.0617. The van der Waals surface area contributed by atoms with Gasteiger partial charge in [0.1, 0.15) is 22.8 Å².